The first-order valence-corrected chi connectivity index (χ1v) is 6.15. The van der Waals surface area contributed by atoms with Crippen LogP contribution in [0.3, 0.4) is 0 Å². The molecule has 1 aromatic carbocycles. The maximum absolute atomic E-state index is 12.0. The van der Waals surface area contributed by atoms with E-state index in [1.54, 1.807) is 0 Å². The van der Waals surface area contributed by atoms with Gasteiger partial charge in [-0.15, -0.1) is 0 Å². The Labute approximate surface area is 102 Å². The number of carbonyl (C=O) groups is 1. The van der Waals surface area contributed by atoms with Gasteiger partial charge >= 0.3 is 0 Å². The van der Waals surface area contributed by atoms with Crippen LogP contribution in [0.1, 0.15) is 48.5 Å². The summed E-state index contributed by atoms with van der Waals surface area (Å²) in [5, 5.41) is 12.3. The van der Waals surface area contributed by atoms with E-state index in [0.29, 0.717) is 5.92 Å². The van der Waals surface area contributed by atoms with Gasteiger partial charge in [0, 0.05) is 11.6 Å². The fourth-order valence-corrected chi connectivity index (χ4v) is 2.24. The molecule has 1 amide bonds. The zero-order valence-electron chi connectivity index (χ0n) is 10.3. The Bertz CT molecular complexity index is 408. The number of aliphatic hydroxyl groups is 1. The van der Waals surface area contributed by atoms with Crippen molar-refractivity contribution in [3.63, 3.8) is 0 Å². The second kappa shape index (κ2) is 4.88. The maximum atomic E-state index is 12.0. The predicted molar refractivity (Wildman–Crippen MR) is 67.0 cm³/mol. The Kier molecular flexibility index (Phi) is 3.48. The van der Waals surface area contributed by atoms with Crippen LogP contribution in [0.25, 0.3) is 0 Å². The lowest BCUT2D eigenvalue weighted by Crippen LogP contribution is -2.33. The number of benzene rings is 1. The van der Waals surface area contributed by atoms with Crippen LogP contribution in [0.2, 0.25) is 0 Å². The van der Waals surface area contributed by atoms with Gasteiger partial charge in [-0.1, -0.05) is 18.2 Å². The van der Waals surface area contributed by atoms with Crippen molar-refractivity contribution in [2.75, 3.05) is 0 Å². The molecule has 3 nitrogen and oxygen atoms in total. The van der Waals surface area contributed by atoms with E-state index in [2.05, 4.69) is 5.32 Å². The zero-order valence-corrected chi connectivity index (χ0v) is 10.3. The Hall–Kier alpha value is -1.35. The molecule has 92 valence electrons. The molecule has 0 bridgehead atoms. The van der Waals surface area contributed by atoms with E-state index in [4.69, 9.17) is 0 Å². The summed E-state index contributed by atoms with van der Waals surface area (Å²) in [5.41, 5.74) is 1.81. The molecule has 17 heavy (non-hydrogen) atoms. The van der Waals surface area contributed by atoms with Gasteiger partial charge in [-0.25, -0.2) is 0 Å². The first-order valence-electron chi connectivity index (χ1n) is 6.15. The summed E-state index contributed by atoms with van der Waals surface area (Å²) < 4.78 is 0. The third kappa shape index (κ3) is 2.67. The van der Waals surface area contributed by atoms with Gasteiger partial charge in [0.2, 0.25) is 0 Å². The summed E-state index contributed by atoms with van der Waals surface area (Å²) in [4.78, 5) is 12.0. The molecular formula is C14H19NO2. The molecule has 2 rings (SSSR count). The van der Waals surface area contributed by atoms with Gasteiger partial charge in [0.1, 0.15) is 0 Å². The van der Waals surface area contributed by atoms with Gasteiger partial charge in [0.15, 0.2) is 0 Å². The van der Waals surface area contributed by atoms with Crippen LogP contribution in [0.15, 0.2) is 24.3 Å². The van der Waals surface area contributed by atoms with Crippen LogP contribution in [-0.2, 0) is 0 Å². The topological polar surface area (TPSA) is 49.3 Å². The van der Waals surface area contributed by atoms with Gasteiger partial charge in [-0.05, 0) is 44.2 Å². The average Bonchev–Trinajstić information content (AvgIpc) is 2.24. The number of rotatable bonds is 3. The quantitative estimate of drug-likeness (QED) is 0.839. The summed E-state index contributed by atoms with van der Waals surface area (Å²) in [6, 6.07) is 7.83. The molecule has 0 heterocycles. The van der Waals surface area contributed by atoms with Gasteiger partial charge in [-0.2, -0.15) is 0 Å². The molecule has 1 aliphatic carbocycles. The van der Waals surface area contributed by atoms with Crippen molar-refractivity contribution in [3.8, 4) is 0 Å². The monoisotopic (exact) mass is 233 g/mol. The number of carbonyl (C=O) groups excluding carboxylic acids is 1. The van der Waals surface area contributed by atoms with Gasteiger partial charge in [0.25, 0.3) is 5.91 Å². The van der Waals surface area contributed by atoms with E-state index < -0.39 is 0 Å². The van der Waals surface area contributed by atoms with E-state index in [1.807, 2.05) is 38.1 Å². The summed E-state index contributed by atoms with van der Waals surface area (Å²) >= 11 is 0. The fraction of sp³-hybridized carbons (Fsp3) is 0.500. The van der Waals surface area contributed by atoms with Gasteiger partial charge in [-0.3, -0.25) is 4.79 Å². The van der Waals surface area contributed by atoms with Gasteiger partial charge < -0.3 is 10.4 Å². The minimum absolute atomic E-state index is 0.0167. The minimum Gasteiger partial charge on any atom is -0.393 e. The molecule has 0 radical (unpaired) electrons. The summed E-state index contributed by atoms with van der Waals surface area (Å²) in [6.07, 6.45) is 1.35. The molecule has 3 heteroatoms. The second-order valence-corrected chi connectivity index (χ2v) is 5.04. The van der Waals surface area contributed by atoms with Crippen molar-refractivity contribution in [1.82, 2.24) is 5.32 Å². The van der Waals surface area contributed by atoms with Crippen molar-refractivity contribution in [3.05, 3.63) is 35.4 Å². The number of aliphatic hydroxyl groups excluding tert-OH is 1. The van der Waals surface area contributed by atoms with Crippen LogP contribution >= 0.6 is 0 Å². The summed E-state index contributed by atoms with van der Waals surface area (Å²) in [7, 11) is 0. The van der Waals surface area contributed by atoms with Crippen LogP contribution in [0.5, 0.6) is 0 Å². The lowest BCUT2D eigenvalue weighted by Gasteiger charge is -2.32. The highest BCUT2D eigenvalue weighted by atomic mass is 16.3. The highest BCUT2D eigenvalue weighted by molar-refractivity contribution is 5.96. The number of nitrogens with one attached hydrogen (secondary N) is 1. The Morgan fingerprint density at radius 2 is 2.00 bits per heavy atom. The average molecular weight is 233 g/mol. The second-order valence-electron chi connectivity index (χ2n) is 5.04. The molecule has 1 fully saturated rings. The first kappa shape index (κ1) is 12.1. The van der Waals surface area contributed by atoms with Crippen LogP contribution in [0.4, 0.5) is 0 Å². The van der Waals surface area contributed by atoms with E-state index in [0.717, 1.165) is 24.0 Å². The summed E-state index contributed by atoms with van der Waals surface area (Å²) in [5.74, 6) is 0.316. The van der Waals surface area contributed by atoms with Crippen molar-refractivity contribution in [2.24, 2.45) is 0 Å². The Morgan fingerprint density at radius 1 is 1.35 bits per heavy atom. The largest absolute Gasteiger partial charge is 0.393 e. The molecule has 0 unspecified atom stereocenters. The maximum Gasteiger partial charge on any atom is 0.251 e. The van der Waals surface area contributed by atoms with E-state index in [9.17, 15) is 9.90 Å². The lowest BCUT2D eigenvalue weighted by atomic mass is 9.76. The van der Waals surface area contributed by atoms with Crippen molar-refractivity contribution < 1.29 is 9.90 Å². The molecule has 0 atom stereocenters. The molecule has 1 saturated carbocycles. The minimum atomic E-state index is -0.193. The fourth-order valence-electron chi connectivity index (χ4n) is 2.24. The zero-order chi connectivity index (χ0) is 12.4. The van der Waals surface area contributed by atoms with Crippen LogP contribution < -0.4 is 5.32 Å². The van der Waals surface area contributed by atoms with Crippen LogP contribution in [-0.4, -0.2) is 23.2 Å². The van der Waals surface area contributed by atoms with E-state index in [1.165, 1.54) is 0 Å². The normalized spacial score (nSPS) is 23.3. The van der Waals surface area contributed by atoms with Crippen molar-refractivity contribution >= 4 is 5.91 Å². The van der Waals surface area contributed by atoms with E-state index in [-0.39, 0.29) is 18.1 Å². The molecule has 0 spiro atoms. The SMILES string of the molecule is CC(C)NC(=O)c1ccccc1C1CC(O)C1. The highest BCUT2D eigenvalue weighted by Gasteiger charge is 2.31. The Morgan fingerprint density at radius 3 is 2.59 bits per heavy atom. The molecule has 1 aliphatic rings. The summed E-state index contributed by atoms with van der Waals surface area (Å²) in [6.45, 7) is 3.90. The van der Waals surface area contributed by atoms with Crippen LogP contribution in [0, 0.1) is 0 Å². The molecule has 1 aromatic rings. The molecule has 0 aliphatic heterocycles. The Balaban J connectivity index is 2.19. The third-order valence-electron chi connectivity index (χ3n) is 3.18. The standard InChI is InChI=1S/C14H19NO2/c1-9(2)15-14(17)13-6-4-3-5-12(13)10-7-11(16)8-10/h3-6,9-11,16H,7-8H2,1-2H3,(H,15,17). The molecule has 0 saturated heterocycles. The predicted octanol–water partition coefficient (Wildman–Crippen LogP) is 2.06. The van der Waals surface area contributed by atoms with Crippen molar-refractivity contribution in [2.45, 2.75) is 44.8 Å². The lowest BCUT2D eigenvalue weighted by molar-refractivity contribution is 0.0734. The number of amides is 1. The van der Waals surface area contributed by atoms with E-state index >= 15 is 0 Å². The number of hydrogen-bond acceptors (Lipinski definition) is 2. The molecule has 0 aromatic heterocycles. The molecular weight excluding hydrogens is 214 g/mol. The van der Waals surface area contributed by atoms with Crippen molar-refractivity contribution in [1.29, 1.82) is 0 Å². The highest BCUT2D eigenvalue weighted by Crippen LogP contribution is 2.38. The molecule has 2 N–H and O–H groups in total. The van der Waals surface area contributed by atoms with Gasteiger partial charge in [0.05, 0.1) is 6.10 Å². The smallest absolute Gasteiger partial charge is 0.251 e. The third-order valence-corrected chi connectivity index (χ3v) is 3.18. The number of hydrogen-bond donors (Lipinski definition) is 2. The first-order chi connectivity index (χ1) is 8.08.